The van der Waals surface area contributed by atoms with Crippen LogP contribution in [0.1, 0.15) is 12.8 Å². The molecule has 0 aromatic heterocycles. The summed E-state index contributed by atoms with van der Waals surface area (Å²) in [4.78, 5) is 20.0. The van der Waals surface area contributed by atoms with Gasteiger partial charge in [-0.1, -0.05) is 0 Å². The van der Waals surface area contributed by atoms with E-state index >= 15 is 0 Å². The van der Waals surface area contributed by atoms with Crippen LogP contribution in [0, 0.1) is 5.92 Å². The highest BCUT2D eigenvalue weighted by molar-refractivity contribution is 7.80. The maximum atomic E-state index is 9.99. The highest BCUT2D eigenvalue weighted by Crippen LogP contribution is 2.00. The van der Waals surface area contributed by atoms with Crippen LogP contribution in [0.4, 0.5) is 0 Å². The second-order valence-electron chi connectivity index (χ2n) is 1.80. The lowest BCUT2D eigenvalue weighted by Crippen LogP contribution is -2.02. The summed E-state index contributed by atoms with van der Waals surface area (Å²) in [6.07, 6.45) is 2.81. The summed E-state index contributed by atoms with van der Waals surface area (Å²) >= 11 is 3.94. The summed E-state index contributed by atoms with van der Waals surface area (Å²) in [5, 5.41) is 0. The van der Waals surface area contributed by atoms with E-state index in [0.717, 1.165) is 12.2 Å². The molecule has 0 amide bonds. The fourth-order valence-corrected chi connectivity index (χ4v) is 0.678. The van der Waals surface area contributed by atoms with Crippen molar-refractivity contribution in [2.24, 2.45) is 5.92 Å². The largest absolute Gasteiger partial charge is 0.303 e. The number of aldehydes is 2. The Kier molecular flexibility index (Phi) is 5.62. The van der Waals surface area contributed by atoms with Crippen LogP contribution in [0.2, 0.25) is 0 Å². The lowest BCUT2D eigenvalue weighted by Gasteiger charge is -1.96. The summed E-state index contributed by atoms with van der Waals surface area (Å²) in [6.45, 7) is 0. The highest BCUT2D eigenvalue weighted by atomic mass is 32.1. The normalized spacial score (nSPS) is 9.56. The monoisotopic (exact) mass is 146 g/mol. The third kappa shape index (κ3) is 4.21. The molecule has 0 aliphatic rings. The van der Waals surface area contributed by atoms with E-state index in [1.165, 1.54) is 0 Å². The Hall–Kier alpha value is -0.310. The minimum atomic E-state index is -0.405. The average Bonchev–Trinajstić information content (AvgIpc) is 1.91. The van der Waals surface area contributed by atoms with Gasteiger partial charge in [-0.2, -0.15) is 12.6 Å². The van der Waals surface area contributed by atoms with Crippen molar-refractivity contribution in [1.29, 1.82) is 0 Å². The molecule has 0 saturated heterocycles. The van der Waals surface area contributed by atoms with Crippen molar-refractivity contribution in [3.8, 4) is 0 Å². The van der Waals surface area contributed by atoms with Crippen LogP contribution >= 0.6 is 12.6 Å². The first kappa shape index (κ1) is 8.69. The standard InChI is InChI=1S/C6H10O2S/c7-4-6(5-8)2-1-3-9/h4-6,9H,1-3H2. The molecular weight excluding hydrogens is 136 g/mol. The molecule has 52 valence electrons. The van der Waals surface area contributed by atoms with Crippen LogP contribution in [0.5, 0.6) is 0 Å². The molecule has 0 heterocycles. The van der Waals surface area contributed by atoms with Crippen molar-refractivity contribution >= 4 is 25.2 Å². The predicted molar refractivity (Wildman–Crippen MR) is 38.7 cm³/mol. The Morgan fingerprint density at radius 3 is 2.22 bits per heavy atom. The van der Waals surface area contributed by atoms with E-state index in [1.807, 2.05) is 0 Å². The summed E-state index contributed by atoms with van der Waals surface area (Å²) in [6, 6.07) is 0. The minimum Gasteiger partial charge on any atom is -0.303 e. The molecule has 0 rings (SSSR count). The van der Waals surface area contributed by atoms with Gasteiger partial charge >= 0.3 is 0 Å². The molecule has 0 saturated carbocycles. The predicted octanol–water partition coefficient (Wildman–Crippen LogP) is 0.710. The lowest BCUT2D eigenvalue weighted by atomic mass is 10.1. The van der Waals surface area contributed by atoms with E-state index in [9.17, 15) is 9.59 Å². The Balaban J connectivity index is 3.30. The van der Waals surface area contributed by atoms with Crippen molar-refractivity contribution in [2.75, 3.05) is 5.75 Å². The molecule has 3 heteroatoms. The second kappa shape index (κ2) is 5.82. The van der Waals surface area contributed by atoms with E-state index in [-0.39, 0.29) is 0 Å². The smallest absolute Gasteiger partial charge is 0.130 e. The summed E-state index contributed by atoms with van der Waals surface area (Å²) < 4.78 is 0. The SMILES string of the molecule is O=CC(C=O)CCCS. The first-order valence-electron chi connectivity index (χ1n) is 2.86. The zero-order valence-corrected chi connectivity index (χ0v) is 6.01. The van der Waals surface area contributed by atoms with Crippen molar-refractivity contribution in [1.82, 2.24) is 0 Å². The topological polar surface area (TPSA) is 34.1 Å². The quantitative estimate of drug-likeness (QED) is 0.352. The van der Waals surface area contributed by atoms with Crippen LogP contribution in [-0.4, -0.2) is 18.3 Å². The molecule has 0 spiro atoms. The van der Waals surface area contributed by atoms with Gasteiger partial charge in [0.2, 0.25) is 0 Å². The maximum Gasteiger partial charge on any atom is 0.130 e. The van der Waals surface area contributed by atoms with Crippen molar-refractivity contribution in [3.05, 3.63) is 0 Å². The number of rotatable bonds is 5. The number of hydrogen-bond acceptors (Lipinski definition) is 3. The molecule has 0 unspecified atom stereocenters. The third-order valence-corrected chi connectivity index (χ3v) is 1.36. The van der Waals surface area contributed by atoms with E-state index in [0.29, 0.717) is 19.0 Å². The first-order valence-corrected chi connectivity index (χ1v) is 3.50. The van der Waals surface area contributed by atoms with Crippen molar-refractivity contribution in [2.45, 2.75) is 12.8 Å². The Morgan fingerprint density at radius 1 is 1.33 bits per heavy atom. The van der Waals surface area contributed by atoms with Gasteiger partial charge in [0.05, 0.1) is 5.92 Å². The van der Waals surface area contributed by atoms with E-state index in [1.54, 1.807) is 0 Å². The van der Waals surface area contributed by atoms with E-state index in [4.69, 9.17) is 0 Å². The van der Waals surface area contributed by atoms with Gasteiger partial charge < -0.3 is 9.59 Å². The molecule has 0 N–H and O–H groups in total. The highest BCUT2D eigenvalue weighted by Gasteiger charge is 2.02. The Bertz CT molecular complexity index is 85.1. The maximum absolute atomic E-state index is 9.99. The molecule has 0 radical (unpaired) electrons. The zero-order chi connectivity index (χ0) is 7.11. The van der Waals surface area contributed by atoms with Gasteiger partial charge in [0, 0.05) is 0 Å². The molecular formula is C6H10O2S. The number of thiol groups is 1. The van der Waals surface area contributed by atoms with Gasteiger partial charge in [-0.05, 0) is 18.6 Å². The van der Waals surface area contributed by atoms with Crippen LogP contribution in [0.15, 0.2) is 0 Å². The van der Waals surface area contributed by atoms with Gasteiger partial charge in [0.15, 0.2) is 0 Å². The molecule has 0 atom stereocenters. The molecule has 0 aliphatic heterocycles. The van der Waals surface area contributed by atoms with Gasteiger partial charge in [0.25, 0.3) is 0 Å². The number of carbonyl (C=O) groups is 2. The molecule has 9 heavy (non-hydrogen) atoms. The molecule has 0 aromatic rings. The fraction of sp³-hybridized carbons (Fsp3) is 0.667. The minimum absolute atomic E-state index is 0.405. The molecule has 0 bridgehead atoms. The molecule has 0 aliphatic carbocycles. The van der Waals surface area contributed by atoms with Crippen molar-refractivity contribution in [3.63, 3.8) is 0 Å². The van der Waals surface area contributed by atoms with E-state index in [2.05, 4.69) is 12.6 Å². The van der Waals surface area contributed by atoms with Gasteiger partial charge in [-0.25, -0.2) is 0 Å². The Labute approximate surface area is 60.0 Å². The molecule has 0 fully saturated rings. The van der Waals surface area contributed by atoms with Crippen LogP contribution in [0.3, 0.4) is 0 Å². The third-order valence-electron chi connectivity index (χ3n) is 1.05. The second-order valence-corrected chi connectivity index (χ2v) is 2.25. The van der Waals surface area contributed by atoms with Crippen LogP contribution in [-0.2, 0) is 9.59 Å². The Morgan fingerprint density at radius 2 is 1.89 bits per heavy atom. The van der Waals surface area contributed by atoms with Crippen LogP contribution < -0.4 is 0 Å². The fourth-order valence-electron chi connectivity index (χ4n) is 0.495. The van der Waals surface area contributed by atoms with Gasteiger partial charge in [-0.3, -0.25) is 0 Å². The lowest BCUT2D eigenvalue weighted by molar-refractivity contribution is -0.119. The zero-order valence-electron chi connectivity index (χ0n) is 5.12. The van der Waals surface area contributed by atoms with Gasteiger partial charge in [0.1, 0.15) is 12.6 Å². The molecule has 2 nitrogen and oxygen atoms in total. The molecule has 0 aromatic carbocycles. The average molecular weight is 146 g/mol. The summed E-state index contributed by atoms with van der Waals surface area (Å²) in [7, 11) is 0. The van der Waals surface area contributed by atoms with E-state index < -0.39 is 5.92 Å². The number of hydrogen-bond donors (Lipinski definition) is 1. The van der Waals surface area contributed by atoms with Crippen molar-refractivity contribution < 1.29 is 9.59 Å². The first-order chi connectivity index (χ1) is 4.35. The number of carbonyl (C=O) groups excluding carboxylic acids is 2. The summed E-state index contributed by atoms with van der Waals surface area (Å²) in [5.41, 5.74) is 0. The van der Waals surface area contributed by atoms with Gasteiger partial charge in [-0.15, -0.1) is 0 Å². The summed E-state index contributed by atoms with van der Waals surface area (Å²) in [5.74, 6) is 0.329. The van der Waals surface area contributed by atoms with Crippen LogP contribution in [0.25, 0.3) is 0 Å².